The van der Waals surface area contributed by atoms with Gasteiger partial charge in [-0.1, -0.05) is 0 Å². The van der Waals surface area contributed by atoms with Crippen LogP contribution in [0.1, 0.15) is 21.6 Å². The molecule has 0 saturated heterocycles. The summed E-state index contributed by atoms with van der Waals surface area (Å²) in [6.45, 7) is 2.37. The smallest absolute Gasteiger partial charge is 0.252 e. The first kappa shape index (κ1) is 14.0. The van der Waals surface area contributed by atoms with Gasteiger partial charge in [-0.25, -0.2) is 9.97 Å². The lowest BCUT2D eigenvalue weighted by molar-refractivity contribution is 0.100. The summed E-state index contributed by atoms with van der Waals surface area (Å²) in [5.74, 6) is 0.0363. The Bertz CT molecular complexity index is 856. The number of primary amides is 1. The molecule has 3 aromatic heterocycles. The zero-order chi connectivity index (χ0) is 15.7. The number of aromatic nitrogens is 4. The van der Waals surface area contributed by atoms with Gasteiger partial charge in [0.25, 0.3) is 5.91 Å². The summed E-state index contributed by atoms with van der Waals surface area (Å²) in [5.41, 5.74) is 8.91. The highest BCUT2D eigenvalue weighted by atomic mass is 16.5. The average Bonchev–Trinajstić information content (AvgIpc) is 2.89. The molecule has 2 N–H and O–H groups in total. The van der Waals surface area contributed by atoms with Crippen molar-refractivity contribution in [2.75, 3.05) is 7.11 Å². The van der Waals surface area contributed by atoms with E-state index in [1.54, 1.807) is 19.5 Å². The van der Waals surface area contributed by atoms with E-state index in [9.17, 15) is 4.79 Å². The molecule has 7 nitrogen and oxygen atoms in total. The highest BCUT2D eigenvalue weighted by Crippen LogP contribution is 2.22. The number of amides is 1. The van der Waals surface area contributed by atoms with Gasteiger partial charge in [0.05, 0.1) is 30.4 Å². The third kappa shape index (κ3) is 2.26. The molecular formula is C15H15N5O2. The first-order chi connectivity index (χ1) is 10.6. The quantitative estimate of drug-likeness (QED) is 0.782. The van der Waals surface area contributed by atoms with Gasteiger partial charge < -0.3 is 15.0 Å². The van der Waals surface area contributed by atoms with E-state index in [0.717, 1.165) is 16.8 Å². The fraction of sp³-hybridized carbons (Fsp3) is 0.200. The summed E-state index contributed by atoms with van der Waals surface area (Å²) in [6.07, 6.45) is 4.80. The van der Waals surface area contributed by atoms with Crippen molar-refractivity contribution < 1.29 is 9.53 Å². The minimum atomic E-state index is -0.501. The van der Waals surface area contributed by atoms with Crippen molar-refractivity contribution in [1.82, 2.24) is 19.5 Å². The molecule has 3 rings (SSSR count). The van der Waals surface area contributed by atoms with Gasteiger partial charge in [0, 0.05) is 18.0 Å². The Hall–Kier alpha value is -2.96. The second kappa shape index (κ2) is 5.44. The number of nitrogens with zero attached hydrogens (tertiary/aromatic N) is 4. The van der Waals surface area contributed by atoms with Gasteiger partial charge in [-0.3, -0.25) is 9.78 Å². The number of hydrogen-bond acceptors (Lipinski definition) is 5. The van der Waals surface area contributed by atoms with E-state index in [2.05, 4.69) is 15.0 Å². The van der Waals surface area contributed by atoms with E-state index < -0.39 is 5.91 Å². The molecule has 3 aromatic rings. The number of pyridine rings is 1. The van der Waals surface area contributed by atoms with Crippen molar-refractivity contribution in [3.05, 3.63) is 47.7 Å². The van der Waals surface area contributed by atoms with Crippen LogP contribution >= 0.6 is 0 Å². The second-order valence-corrected chi connectivity index (χ2v) is 4.86. The molecule has 1 amide bonds. The number of carbonyl (C=O) groups is 1. The minimum absolute atomic E-state index is 0.397. The number of hydrogen-bond donors (Lipinski definition) is 1. The first-order valence-electron chi connectivity index (χ1n) is 6.70. The zero-order valence-electron chi connectivity index (χ0n) is 12.3. The molecule has 0 aliphatic rings. The van der Waals surface area contributed by atoms with Crippen LogP contribution in [0.4, 0.5) is 0 Å². The van der Waals surface area contributed by atoms with Gasteiger partial charge in [0.2, 0.25) is 5.88 Å². The van der Waals surface area contributed by atoms with Gasteiger partial charge >= 0.3 is 0 Å². The summed E-state index contributed by atoms with van der Waals surface area (Å²) in [4.78, 5) is 24.2. The Balaban J connectivity index is 2.10. The number of carbonyl (C=O) groups excluding carboxylic acids is 1. The van der Waals surface area contributed by atoms with Crippen LogP contribution in [0.3, 0.4) is 0 Å². The molecule has 22 heavy (non-hydrogen) atoms. The molecule has 0 aliphatic carbocycles. The van der Waals surface area contributed by atoms with E-state index in [-0.39, 0.29) is 0 Å². The van der Waals surface area contributed by atoms with E-state index in [0.29, 0.717) is 23.5 Å². The Morgan fingerprint density at radius 3 is 2.91 bits per heavy atom. The Morgan fingerprint density at radius 1 is 1.36 bits per heavy atom. The number of ether oxygens (including phenoxy) is 1. The second-order valence-electron chi connectivity index (χ2n) is 4.86. The fourth-order valence-corrected chi connectivity index (χ4v) is 2.43. The van der Waals surface area contributed by atoms with Gasteiger partial charge in [-0.15, -0.1) is 0 Å². The Labute approximate surface area is 126 Å². The van der Waals surface area contributed by atoms with Crippen LogP contribution in [0.5, 0.6) is 5.88 Å². The molecule has 0 fully saturated rings. The largest absolute Gasteiger partial charge is 0.481 e. The summed E-state index contributed by atoms with van der Waals surface area (Å²) in [6, 6.07) is 3.71. The van der Waals surface area contributed by atoms with E-state index in [4.69, 9.17) is 10.5 Å². The number of nitrogens with two attached hydrogens (primary N) is 1. The third-order valence-electron chi connectivity index (χ3n) is 3.56. The highest BCUT2D eigenvalue weighted by molar-refractivity contribution is 6.04. The third-order valence-corrected chi connectivity index (χ3v) is 3.56. The molecule has 0 radical (unpaired) electrons. The van der Waals surface area contributed by atoms with Crippen molar-refractivity contribution in [2.24, 2.45) is 5.73 Å². The van der Waals surface area contributed by atoms with Crippen molar-refractivity contribution in [2.45, 2.75) is 13.5 Å². The van der Waals surface area contributed by atoms with Crippen LogP contribution in [-0.2, 0) is 6.54 Å². The SMILES string of the molecule is COc1ncnc(Cn2cc(C(N)=O)c3ncccc32)c1C. The van der Waals surface area contributed by atoms with Crippen LogP contribution in [0.2, 0.25) is 0 Å². The van der Waals surface area contributed by atoms with Crippen LogP contribution in [0.15, 0.2) is 30.9 Å². The van der Waals surface area contributed by atoms with Crippen LogP contribution in [0.25, 0.3) is 11.0 Å². The molecule has 0 aliphatic heterocycles. The molecule has 7 heteroatoms. The van der Waals surface area contributed by atoms with Gasteiger partial charge in [0.1, 0.15) is 11.8 Å². The molecule has 3 heterocycles. The molecule has 0 spiro atoms. The summed E-state index contributed by atoms with van der Waals surface area (Å²) < 4.78 is 7.11. The lowest BCUT2D eigenvalue weighted by Gasteiger charge is -2.09. The average molecular weight is 297 g/mol. The summed E-state index contributed by atoms with van der Waals surface area (Å²) in [7, 11) is 1.57. The number of fused-ring (bicyclic) bond motifs is 1. The molecule has 0 bridgehead atoms. The lowest BCUT2D eigenvalue weighted by atomic mass is 10.2. The predicted molar refractivity (Wildman–Crippen MR) is 80.7 cm³/mol. The van der Waals surface area contributed by atoms with Crippen LogP contribution in [-0.4, -0.2) is 32.5 Å². The van der Waals surface area contributed by atoms with Crippen molar-refractivity contribution >= 4 is 16.9 Å². The molecule has 0 atom stereocenters. The van der Waals surface area contributed by atoms with Crippen molar-refractivity contribution in [1.29, 1.82) is 0 Å². The predicted octanol–water partition coefficient (Wildman–Crippen LogP) is 1.29. The van der Waals surface area contributed by atoms with Gasteiger partial charge in [-0.2, -0.15) is 0 Å². The molecule has 112 valence electrons. The monoisotopic (exact) mass is 297 g/mol. The first-order valence-corrected chi connectivity index (χ1v) is 6.70. The maximum atomic E-state index is 11.6. The molecule has 0 aromatic carbocycles. The van der Waals surface area contributed by atoms with Crippen molar-refractivity contribution in [3.63, 3.8) is 0 Å². The molecule has 0 unspecified atom stereocenters. The zero-order valence-corrected chi connectivity index (χ0v) is 12.3. The molecule has 0 saturated carbocycles. The van der Waals surface area contributed by atoms with Gasteiger partial charge in [-0.05, 0) is 19.1 Å². The fourth-order valence-electron chi connectivity index (χ4n) is 2.43. The maximum absolute atomic E-state index is 11.6. The van der Waals surface area contributed by atoms with Crippen LogP contribution < -0.4 is 10.5 Å². The van der Waals surface area contributed by atoms with Crippen LogP contribution in [0, 0.1) is 6.92 Å². The Morgan fingerprint density at radius 2 is 2.18 bits per heavy atom. The Kier molecular flexibility index (Phi) is 3.46. The van der Waals surface area contributed by atoms with Gasteiger partial charge in [0.15, 0.2) is 0 Å². The normalized spacial score (nSPS) is 10.8. The topological polar surface area (TPSA) is 95.9 Å². The summed E-state index contributed by atoms with van der Waals surface area (Å²) in [5, 5.41) is 0. The van der Waals surface area contributed by atoms with E-state index >= 15 is 0 Å². The minimum Gasteiger partial charge on any atom is -0.481 e. The standard InChI is InChI=1S/C15H15N5O2/c1-9-11(18-8-19-15(9)22-2)7-20-6-10(14(16)21)13-12(20)4-3-5-17-13/h3-6,8H,7H2,1-2H3,(H2,16,21). The molecular weight excluding hydrogens is 282 g/mol. The summed E-state index contributed by atoms with van der Waals surface area (Å²) >= 11 is 0. The van der Waals surface area contributed by atoms with E-state index in [1.807, 2.05) is 23.6 Å². The van der Waals surface area contributed by atoms with E-state index in [1.165, 1.54) is 6.33 Å². The maximum Gasteiger partial charge on any atom is 0.252 e. The lowest BCUT2D eigenvalue weighted by Crippen LogP contribution is -2.10. The van der Waals surface area contributed by atoms with Crippen molar-refractivity contribution in [3.8, 4) is 5.88 Å². The highest BCUT2D eigenvalue weighted by Gasteiger charge is 2.15. The number of rotatable bonds is 4. The number of methoxy groups -OCH3 is 1.